The summed E-state index contributed by atoms with van der Waals surface area (Å²) < 4.78 is 11.5. The molecule has 0 saturated carbocycles. The summed E-state index contributed by atoms with van der Waals surface area (Å²) in [7, 11) is 0. The van der Waals surface area contributed by atoms with Crippen molar-refractivity contribution < 1.29 is 19.1 Å². The molecule has 2 heterocycles. The van der Waals surface area contributed by atoms with Gasteiger partial charge in [0.25, 0.3) is 5.91 Å². The Kier molecular flexibility index (Phi) is 4.83. The quantitative estimate of drug-likeness (QED) is 0.616. The van der Waals surface area contributed by atoms with Gasteiger partial charge >= 0.3 is 6.09 Å². The van der Waals surface area contributed by atoms with Crippen molar-refractivity contribution in [1.82, 2.24) is 5.32 Å². The molecule has 0 aliphatic carbocycles. The number of ether oxygens (including phenoxy) is 2. The summed E-state index contributed by atoms with van der Waals surface area (Å²) in [5, 5.41) is 2.58. The van der Waals surface area contributed by atoms with Gasteiger partial charge in [-0.2, -0.15) is 0 Å². The number of anilines is 1. The number of rotatable bonds is 2. The molecule has 0 aromatic heterocycles. The van der Waals surface area contributed by atoms with Gasteiger partial charge in [-0.15, -0.1) is 0 Å². The van der Waals surface area contributed by atoms with Crippen molar-refractivity contribution in [1.29, 1.82) is 0 Å². The summed E-state index contributed by atoms with van der Waals surface area (Å²) in [4.78, 5) is 26.5. The molecular weight excluding hydrogens is 384 g/mol. The second kappa shape index (κ2) is 7.42. The summed E-state index contributed by atoms with van der Waals surface area (Å²) in [5.41, 5.74) is 1.36. The van der Waals surface area contributed by atoms with Crippen molar-refractivity contribution in [2.45, 2.75) is 0 Å². The molecule has 0 atom stereocenters. The Morgan fingerprint density at radius 2 is 2.07 bits per heavy atom. The number of fused-ring (bicyclic) bond motifs is 1. The lowest BCUT2D eigenvalue weighted by Gasteiger charge is -2.29. The Hall–Kier alpha value is -2.84. The highest BCUT2D eigenvalue weighted by molar-refractivity contribution is 8.26. The topological polar surface area (TPSA) is 67.9 Å². The minimum absolute atomic E-state index is 0.223. The fourth-order valence-electron chi connectivity index (χ4n) is 2.73. The van der Waals surface area contributed by atoms with Crippen LogP contribution in [0.4, 0.5) is 10.5 Å². The third-order valence-corrected chi connectivity index (χ3v) is 5.12. The van der Waals surface area contributed by atoms with Gasteiger partial charge in [0.1, 0.15) is 22.4 Å². The minimum Gasteiger partial charge on any atom is -0.490 e. The molecule has 6 nitrogen and oxygen atoms in total. The highest BCUT2D eigenvalue weighted by atomic mass is 32.2. The number of hydrogen-bond donors (Lipinski definition) is 1. The molecule has 1 saturated heterocycles. The monoisotopic (exact) mass is 398 g/mol. The average molecular weight is 398 g/mol. The fourth-order valence-corrected chi connectivity index (χ4v) is 3.78. The molecule has 0 unspecified atom stereocenters. The van der Waals surface area contributed by atoms with E-state index in [9.17, 15) is 9.59 Å². The van der Waals surface area contributed by atoms with Gasteiger partial charge in [-0.1, -0.05) is 48.2 Å². The van der Waals surface area contributed by atoms with Gasteiger partial charge in [0.05, 0.1) is 17.1 Å². The van der Waals surface area contributed by atoms with Crippen LogP contribution < -0.4 is 19.7 Å². The van der Waals surface area contributed by atoms with E-state index in [0.29, 0.717) is 39.6 Å². The number of amides is 2. The second-order valence-electron chi connectivity index (χ2n) is 5.76. The zero-order valence-electron chi connectivity index (χ0n) is 14.0. The summed E-state index contributed by atoms with van der Waals surface area (Å²) in [6, 6.07) is 14.3. The molecule has 0 spiro atoms. The first-order valence-electron chi connectivity index (χ1n) is 8.16. The molecule has 4 rings (SSSR count). The van der Waals surface area contributed by atoms with Crippen LogP contribution in [0.25, 0.3) is 6.08 Å². The van der Waals surface area contributed by atoms with Crippen LogP contribution in [0.5, 0.6) is 11.5 Å². The van der Waals surface area contributed by atoms with E-state index < -0.39 is 6.09 Å². The normalized spacial score (nSPS) is 17.3. The maximum atomic E-state index is 12.6. The number of carbonyl (C=O) groups is 2. The van der Waals surface area contributed by atoms with Crippen LogP contribution in [-0.2, 0) is 4.79 Å². The number of thioether (sulfide) groups is 1. The van der Waals surface area contributed by atoms with Crippen LogP contribution in [0, 0.1) is 0 Å². The predicted molar refractivity (Wildman–Crippen MR) is 108 cm³/mol. The molecule has 27 heavy (non-hydrogen) atoms. The number of carbonyl (C=O) groups excluding carboxylic acids is 2. The number of hydrogen-bond acceptors (Lipinski definition) is 6. The lowest BCUT2D eigenvalue weighted by atomic mass is 10.1. The first kappa shape index (κ1) is 17.6. The van der Waals surface area contributed by atoms with Crippen molar-refractivity contribution in [2.24, 2.45) is 0 Å². The second-order valence-corrected chi connectivity index (χ2v) is 7.48. The number of thiocarbonyl (C=S) groups is 1. The van der Waals surface area contributed by atoms with Gasteiger partial charge in [0, 0.05) is 0 Å². The molecule has 2 aliphatic rings. The van der Waals surface area contributed by atoms with Crippen LogP contribution in [0.3, 0.4) is 0 Å². The number of para-hydroxylation sites is 1. The van der Waals surface area contributed by atoms with Gasteiger partial charge in [-0.05, 0) is 35.9 Å². The summed E-state index contributed by atoms with van der Waals surface area (Å²) in [6.07, 6.45) is 1.25. The molecule has 2 amide bonds. The Bertz CT molecular complexity index is 959. The zero-order valence-corrected chi connectivity index (χ0v) is 15.6. The third kappa shape index (κ3) is 3.81. The van der Waals surface area contributed by atoms with Crippen LogP contribution >= 0.6 is 24.0 Å². The van der Waals surface area contributed by atoms with E-state index in [-0.39, 0.29) is 5.91 Å². The van der Waals surface area contributed by atoms with E-state index in [4.69, 9.17) is 21.7 Å². The fraction of sp³-hybridized carbons (Fsp3) is 0.105. The highest BCUT2D eigenvalue weighted by Crippen LogP contribution is 2.35. The molecule has 2 aliphatic heterocycles. The van der Waals surface area contributed by atoms with Gasteiger partial charge in [0.15, 0.2) is 0 Å². The highest BCUT2D eigenvalue weighted by Gasteiger charge is 2.26. The summed E-state index contributed by atoms with van der Waals surface area (Å²) >= 11 is 6.21. The SMILES string of the molecule is O=C1NC(=S)SC1=Cc1ccc2c(c1)N(C(=O)Oc1ccccc1)CCO2. The Morgan fingerprint density at radius 1 is 1.26 bits per heavy atom. The predicted octanol–water partition coefficient (Wildman–Crippen LogP) is 3.57. The van der Waals surface area contributed by atoms with E-state index >= 15 is 0 Å². The van der Waals surface area contributed by atoms with Crippen molar-refractivity contribution in [3.05, 3.63) is 59.0 Å². The number of benzene rings is 2. The van der Waals surface area contributed by atoms with Crippen LogP contribution in [0.15, 0.2) is 53.4 Å². The van der Waals surface area contributed by atoms with E-state index in [0.717, 1.165) is 5.56 Å². The van der Waals surface area contributed by atoms with E-state index in [1.165, 1.54) is 16.7 Å². The Morgan fingerprint density at radius 3 is 2.81 bits per heavy atom. The lowest BCUT2D eigenvalue weighted by Crippen LogP contribution is -2.39. The van der Waals surface area contributed by atoms with E-state index in [2.05, 4.69) is 5.32 Å². The summed E-state index contributed by atoms with van der Waals surface area (Å²) in [6.45, 7) is 0.752. The van der Waals surface area contributed by atoms with Crippen molar-refractivity contribution in [2.75, 3.05) is 18.1 Å². The zero-order chi connectivity index (χ0) is 18.8. The van der Waals surface area contributed by atoms with E-state index in [1.54, 1.807) is 42.5 Å². The Labute approximate surface area is 165 Å². The van der Waals surface area contributed by atoms with Crippen molar-refractivity contribution in [3.8, 4) is 11.5 Å². The first-order valence-corrected chi connectivity index (χ1v) is 9.39. The van der Waals surface area contributed by atoms with Crippen LogP contribution in [0.2, 0.25) is 0 Å². The molecular formula is C19H14N2O4S2. The largest absolute Gasteiger partial charge is 0.490 e. The van der Waals surface area contributed by atoms with Crippen molar-refractivity contribution >= 4 is 52.1 Å². The maximum absolute atomic E-state index is 12.6. The molecule has 1 fully saturated rings. The van der Waals surface area contributed by atoms with Crippen LogP contribution in [0.1, 0.15) is 5.56 Å². The molecule has 0 radical (unpaired) electrons. The number of nitrogens with one attached hydrogen (secondary N) is 1. The average Bonchev–Trinajstić information content (AvgIpc) is 2.99. The standard InChI is InChI=1S/C19H14N2O4S2/c22-17-16(27-18(26)20-17)11-12-6-7-15-14(10-12)21(8-9-24-15)19(23)25-13-4-2-1-3-5-13/h1-7,10-11H,8-9H2,(H,20,22,26). The third-order valence-electron chi connectivity index (χ3n) is 3.95. The maximum Gasteiger partial charge on any atom is 0.419 e. The molecule has 136 valence electrons. The van der Waals surface area contributed by atoms with Gasteiger partial charge in [-0.3, -0.25) is 9.69 Å². The van der Waals surface area contributed by atoms with Gasteiger partial charge in [0.2, 0.25) is 0 Å². The number of nitrogens with zero attached hydrogens (tertiary/aromatic N) is 1. The van der Waals surface area contributed by atoms with Crippen molar-refractivity contribution in [3.63, 3.8) is 0 Å². The smallest absolute Gasteiger partial charge is 0.419 e. The van der Waals surface area contributed by atoms with Gasteiger partial charge < -0.3 is 14.8 Å². The molecule has 1 N–H and O–H groups in total. The lowest BCUT2D eigenvalue weighted by molar-refractivity contribution is -0.115. The molecule has 8 heteroatoms. The van der Waals surface area contributed by atoms with E-state index in [1.807, 2.05) is 12.1 Å². The molecule has 2 aromatic carbocycles. The van der Waals surface area contributed by atoms with Gasteiger partial charge in [-0.25, -0.2) is 4.79 Å². The molecule has 2 aromatic rings. The summed E-state index contributed by atoms with van der Waals surface area (Å²) in [5.74, 6) is 0.841. The first-order chi connectivity index (χ1) is 13.1. The Balaban J connectivity index is 1.61. The van der Waals surface area contributed by atoms with Crippen LogP contribution in [-0.4, -0.2) is 29.5 Å². The minimum atomic E-state index is -0.482. The molecule has 0 bridgehead atoms.